The van der Waals surface area contributed by atoms with Crippen LogP contribution in [0.1, 0.15) is 18.7 Å². The molecule has 3 heterocycles. The van der Waals surface area contributed by atoms with Gasteiger partial charge in [-0.2, -0.15) is 4.98 Å². The molecule has 1 aromatic carbocycles. The first-order chi connectivity index (χ1) is 13.2. The highest BCUT2D eigenvalue weighted by molar-refractivity contribution is 5.89. The lowest BCUT2D eigenvalue weighted by molar-refractivity contribution is 0.170. The van der Waals surface area contributed by atoms with E-state index >= 15 is 0 Å². The normalized spacial score (nSPS) is 17.1. The summed E-state index contributed by atoms with van der Waals surface area (Å²) < 4.78 is 7.23. The maximum Gasteiger partial charge on any atom is 0.321 e. The Bertz CT molecular complexity index is 887. The van der Waals surface area contributed by atoms with Crippen molar-refractivity contribution < 1.29 is 9.32 Å². The molecule has 1 fully saturated rings. The number of nitrogens with zero attached hydrogens (tertiary/aromatic N) is 5. The maximum atomic E-state index is 12.6. The zero-order chi connectivity index (χ0) is 18.6. The summed E-state index contributed by atoms with van der Waals surface area (Å²) in [6, 6.07) is 7.35. The van der Waals surface area contributed by atoms with Crippen LogP contribution in [-0.4, -0.2) is 43.7 Å². The van der Waals surface area contributed by atoms with Crippen molar-refractivity contribution in [3.63, 3.8) is 0 Å². The number of carbonyl (C=O) groups excluding carboxylic acids is 1. The monoisotopic (exact) mass is 366 g/mol. The molecule has 140 valence electrons. The number of urea groups is 1. The molecular formula is C19H22N6O2. The molecule has 27 heavy (non-hydrogen) atoms. The van der Waals surface area contributed by atoms with E-state index in [9.17, 15) is 4.79 Å². The lowest BCUT2D eigenvalue weighted by Gasteiger charge is -2.33. The molecule has 8 heteroatoms. The number of hydrogen-bond donors (Lipinski definition) is 1. The van der Waals surface area contributed by atoms with E-state index in [0.29, 0.717) is 17.6 Å². The molecule has 1 N–H and O–H groups in total. The van der Waals surface area contributed by atoms with E-state index < -0.39 is 0 Å². The van der Waals surface area contributed by atoms with Gasteiger partial charge in [-0.25, -0.2) is 9.78 Å². The third-order valence-electron chi connectivity index (χ3n) is 4.75. The highest BCUT2D eigenvalue weighted by Gasteiger charge is 2.24. The quantitative estimate of drug-likeness (QED) is 0.766. The second-order valence-corrected chi connectivity index (χ2v) is 6.87. The van der Waals surface area contributed by atoms with Gasteiger partial charge in [0.25, 0.3) is 5.89 Å². The van der Waals surface area contributed by atoms with Crippen LogP contribution in [0.25, 0.3) is 11.5 Å². The van der Waals surface area contributed by atoms with Gasteiger partial charge in [0.2, 0.25) is 0 Å². The van der Waals surface area contributed by atoms with Crippen molar-refractivity contribution >= 4 is 11.7 Å². The van der Waals surface area contributed by atoms with Crippen molar-refractivity contribution in [1.82, 2.24) is 24.6 Å². The molecule has 3 aromatic rings. The number of anilines is 1. The number of benzene rings is 1. The fourth-order valence-corrected chi connectivity index (χ4v) is 3.40. The number of amides is 2. The Kier molecular flexibility index (Phi) is 4.86. The van der Waals surface area contributed by atoms with E-state index in [1.54, 1.807) is 13.1 Å². The molecule has 0 saturated carbocycles. The summed E-state index contributed by atoms with van der Waals surface area (Å²) in [6.07, 6.45) is 7.71. The lowest BCUT2D eigenvalue weighted by Crippen LogP contribution is -2.43. The summed E-state index contributed by atoms with van der Waals surface area (Å²) in [6.45, 7) is 4.21. The molecule has 1 atom stereocenters. The summed E-state index contributed by atoms with van der Waals surface area (Å²) in [5.74, 6) is 1.52. The van der Waals surface area contributed by atoms with Crippen LogP contribution in [0.15, 0.2) is 47.5 Å². The summed E-state index contributed by atoms with van der Waals surface area (Å²) in [5.41, 5.74) is 1.57. The Balaban J connectivity index is 1.35. The molecule has 2 aromatic heterocycles. The summed E-state index contributed by atoms with van der Waals surface area (Å²) in [7, 11) is 0. The van der Waals surface area contributed by atoms with Gasteiger partial charge in [-0.15, -0.1) is 0 Å². The molecule has 0 spiro atoms. The zero-order valence-electron chi connectivity index (χ0n) is 15.2. The highest BCUT2D eigenvalue weighted by atomic mass is 16.5. The third-order valence-corrected chi connectivity index (χ3v) is 4.75. The third kappa shape index (κ3) is 4.16. The van der Waals surface area contributed by atoms with E-state index in [4.69, 9.17) is 4.52 Å². The summed E-state index contributed by atoms with van der Waals surface area (Å²) in [5, 5.41) is 6.77. The Morgan fingerprint density at radius 1 is 1.33 bits per heavy atom. The smallest absolute Gasteiger partial charge is 0.321 e. The summed E-state index contributed by atoms with van der Waals surface area (Å²) in [4.78, 5) is 22.8. The Morgan fingerprint density at radius 2 is 2.19 bits per heavy atom. The van der Waals surface area contributed by atoms with Crippen LogP contribution < -0.4 is 5.32 Å². The van der Waals surface area contributed by atoms with Crippen molar-refractivity contribution in [3.05, 3.63) is 48.8 Å². The minimum Gasteiger partial charge on any atom is -0.337 e. The average Bonchev–Trinajstić information content (AvgIpc) is 3.34. The molecule has 4 rings (SSSR count). The molecule has 1 aliphatic rings. The van der Waals surface area contributed by atoms with Crippen LogP contribution >= 0.6 is 0 Å². The molecule has 2 amide bonds. The van der Waals surface area contributed by atoms with Gasteiger partial charge in [-0.3, -0.25) is 0 Å². The first-order valence-corrected chi connectivity index (χ1v) is 9.10. The van der Waals surface area contributed by atoms with Crippen LogP contribution in [0, 0.1) is 12.8 Å². The van der Waals surface area contributed by atoms with Gasteiger partial charge < -0.3 is 19.3 Å². The van der Waals surface area contributed by atoms with Crippen LogP contribution in [0.2, 0.25) is 0 Å². The predicted octanol–water partition coefficient (Wildman–Crippen LogP) is 3.19. The SMILES string of the molecule is Cc1noc(-c2ccc(NC(=O)N3CCCC(Cn4ccnc4)C3)cc2)n1. The first kappa shape index (κ1) is 17.3. The molecule has 1 saturated heterocycles. The fraction of sp³-hybridized carbons (Fsp3) is 0.368. The van der Waals surface area contributed by atoms with E-state index in [1.807, 2.05) is 41.7 Å². The number of nitrogens with one attached hydrogen (secondary N) is 1. The number of piperidine rings is 1. The standard InChI is InChI=1S/C19H22N6O2/c1-14-21-18(27-23-14)16-4-6-17(7-5-16)22-19(26)25-9-2-3-15(12-25)11-24-10-8-20-13-24/h4-8,10,13,15H,2-3,9,11-12H2,1H3,(H,22,26). The Morgan fingerprint density at radius 3 is 2.89 bits per heavy atom. The van der Waals surface area contributed by atoms with Gasteiger partial charge in [0.1, 0.15) is 0 Å². The van der Waals surface area contributed by atoms with Gasteiger partial charge in [0.05, 0.1) is 6.33 Å². The van der Waals surface area contributed by atoms with Crippen molar-refractivity contribution in [2.75, 3.05) is 18.4 Å². The van der Waals surface area contributed by atoms with E-state index in [1.165, 1.54) is 0 Å². The maximum absolute atomic E-state index is 12.6. The molecule has 1 aliphatic heterocycles. The summed E-state index contributed by atoms with van der Waals surface area (Å²) >= 11 is 0. The van der Waals surface area contributed by atoms with Gasteiger partial charge in [0, 0.05) is 43.3 Å². The van der Waals surface area contributed by atoms with Crippen LogP contribution in [-0.2, 0) is 6.54 Å². The predicted molar refractivity (Wildman–Crippen MR) is 100 cm³/mol. The lowest BCUT2D eigenvalue weighted by atomic mass is 9.98. The number of rotatable bonds is 4. The second-order valence-electron chi connectivity index (χ2n) is 6.87. The van der Waals surface area contributed by atoms with Gasteiger partial charge in [-0.05, 0) is 49.9 Å². The molecule has 0 radical (unpaired) electrons. The molecule has 0 bridgehead atoms. The topological polar surface area (TPSA) is 89.1 Å². The number of hydrogen-bond acceptors (Lipinski definition) is 5. The van der Waals surface area contributed by atoms with Crippen molar-refractivity contribution in [2.45, 2.75) is 26.3 Å². The number of aromatic nitrogens is 4. The highest BCUT2D eigenvalue weighted by Crippen LogP contribution is 2.22. The van der Waals surface area contributed by atoms with E-state index in [0.717, 1.165) is 43.7 Å². The second kappa shape index (κ2) is 7.61. The first-order valence-electron chi connectivity index (χ1n) is 9.10. The fourth-order valence-electron chi connectivity index (χ4n) is 3.40. The van der Waals surface area contributed by atoms with Gasteiger partial charge in [0.15, 0.2) is 5.82 Å². The molecule has 1 unspecified atom stereocenters. The van der Waals surface area contributed by atoms with E-state index in [2.05, 4.69) is 25.0 Å². The average molecular weight is 366 g/mol. The molecule has 8 nitrogen and oxygen atoms in total. The van der Waals surface area contributed by atoms with Crippen molar-refractivity contribution in [1.29, 1.82) is 0 Å². The van der Waals surface area contributed by atoms with Crippen molar-refractivity contribution in [2.24, 2.45) is 5.92 Å². The number of aryl methyl sites for hydroxylation is 1. The van der Waals surface area contributed by atoms with Crippen LogP contribution in [0.4, 0.5) is 10.5 Å². The zero-order valence-corrected chi connectivity index (χ0v) is 15.2. The van der Waals surface area contributed by atoms with Gasteiger partial charge >= 0.3 is 6.03 Å². The largest absolute Gasteiger partial charge is 0.337 e. The minimum absolute atomic E-state index is 0.0632. The van der Waals surface area contributed by atoms with Gasteiger partial charge in [-0.1, -0.05) is 5.16 Å². The Labute approximate surface area is 157 Å². The number of imidazole rings is 1. The van der Waals surface area contributed by atoms with Crippen LogP contribution in [0.3, 0.4) is 0 Å². The molecule has 0 aliphatic carbocycles. The van der Waals surface area contributed by atoms with Crippen molar-refractivity contribution in [3.8, 4) is 11.5 Å². The molecular weight excluding hydrogens is 344 g/mol. The number of likely N-dealkylation sites (tertiary alicyclic amines) is 1. The van der Waals surface area contributed by atoms with E-state index in [-0.39, 0.29) is 6.03 Å². The minimum atomic E-state index is -0.0632. The number of carbonyl (C=O) groups is 1. The Hall–Kier alpha value is -3.16. The van der Waals surface area contributed by atoms with Crippen LogP contribution in [0.5, 0.6) is 0 Å².